The van der Waals surface area contributed by atoms with Crippen LogP contribution in [0, 0.1) is 12.8 Å². The Balaban J connectivity index is 1.88. The van der Waals surface area contributed by atoms with Crippen LogP contribution < -0.4 is 4.74 Å². The van der Waals surface area contributed by atoms with Crippen LogP contribution in [0.3, 0.4) is 0 Å². The summed E-state index contributed by atoms with van der Waals surface area (Å²) in [4.78, 5) is 22.4. The summed E-state index contributed by atoms with van der Waals surface area (Å²) < 4.78 is 16.8. The highest BCUT2D eigenvalue weighted by atomic mass is 35.5. The third kappa shape index (κ3) is 7.40. The van der Waals surface area contributed by atoms with E-state index in [2.05, 4.69) is 16.5 Å². The number of halogens is 1. The van der Waals surface area contributed by atoms with Gasteiger partial charge in [-0.1, -0.05) is 24.3 Å². The van der Waals surface area contributed by atoms with Gasteiger partial charge in [-0.3, -0.25) is 0 Å². The van der Waals surface area contributed by atoms with Crippen LogP contribution in [0.5, 0.6) is 5.88 Å². The van der Waals surface area contributed by atoms with Crippen LogP contribution in [0.1, 0.15) is 51.4 Å². The Hall–Kier alpha value is -1.93. The molecule has 0 atom stereocenters. The Morgan fingerprint density at radius 1 is 1.33 bits per heavy atom. The molecule has 1 aliphatic rings. The van der Waals surface area contributed by atoms with Gasteiger partial charge in [0.15, 0.2) is 5.05 Å². The standard InChI is InChI=1S/C21H30ClN3O4S/c1-6-12-28-19(30)16-17(22)23-14(2)24-18(16)27-13-9-15-7-10-25(11-8-15)20(26)29-21(3,4)5/h6,15H,1,7-13H2,2-5H3. The lowest BCUT2D eigenvalue weighted by Crippen LogP contribution is -2.41. The molecule has 0 aliphatic carbocycles. The van der Waals surface area contributed by atoms with Crippen molar-refractivity contribution in [3.63, 3.8) is 0 Å². The fraction of sp³-hybridized carbons (Fsp3) is 0.619. The predicted molar refractivity (Wildman–Crippen MR) is 120 cm³/mol. The molecule has 1 aliphatic heterocycles. The second kappa shape index (κ2) is 10.9. The van der Waals surface area contributed by atoms with Gasteiger partial charge in [0.1, 0.15) is 28.7 Å². The van der Waals surface area contributed by atoms with Crippen molar-refractivity contribution in [3.8, 4) is 5.88 Å². The quantitative estimate of drug-likeness (QED) is 0.334. The molecule has 9 heteroatoms. The van der Waals surface area contributed by atoms with Gasteiger partial charge in [-0.05, 0) is 65.1 Å². The predicted octanol–water partition coefficient (Wildman–Crippen LogP) is 4.73. The van der Waals surface area contributed by atoms with Crippen LogP contribution in [-0.2, 0) is 9.47 Å². The second-order valence-electron chi connectivity index (χ2n) is 8.18. The van der Waals surface area contributed by atoms with Gasteiger partial charge in [0.25, 0.3) is 0 Å². The summed E-state index contributed by atoms with van der Waals surface area (Å²) in [5.41, 5.74) is -0.0919. The lowest BCUT2D eigenvalue weighted by atomic mass is 9.94. The first-order valence-corrected chi connectivity index (χ1v) is 10.8. The number of nitrogens with zero attached hydrogens (tertiary/aromatic N) is 3. The van der Waals surface area contributed by atoms with Crippen LogP contribution in [0.2, 0.25) is 5.15 Å². The van der Waals surface area contributed by atoms with Gasteiger partial charge in [0, 0.05) is 13.1 Å². The number of likely N-dealkylation sites (tertiary alicyclic amines) is 1. The highest BCUT2D eigenvalue weighted by Crippen LogP contribution is 2.27. The van der Waals surface area contributed by atoms with Crippen molar-refractivity contribution in [2.45, 2.75) is 52.6 Å². The van der Waals surface area contributed by atoms with Crippen LogP contribution >= 0.6 is 23.8 Å². The van der Waals surface area contributed by atoms with Crippen LogP contribution in [0.15, 0.2) is 12.7 Å². The van der Waals surface area contributed by atoms with Gasteiger partial charge < -0.3 is 19.1 Å². The Morgan fingerprint density at radius 2 is 2.00 bits per heavy atom. The summed E-state index contributed by atoms with van der Waals surface area (Å²) in [6, 6.07) is 0. The number of hydrogen-bond acceptors (Lipinski definition) is 7. The SMILES string of the molecule is C=CCOC(=S)c1c(Cl)nc(C)nc1OCCC1CCN(C(=O)OC(C)(C)C)CC1. The van der Waals surface area contributed by atoms with Crippen LogP contribution in [0.4, 0.5) is 4.79 Å². The largest absolute Gasteiger partial charge is 0.478 e. The van der Waals surface area contributed by atoms with Gasteiger partial charge >= 0.3 is 6.09 Å². The molecule has 1 amide bonds. The van der Waals surface area contributed by atoms with E-state index in [1.165, 1.54) is 0 Å². The number of ether oxygens (including phenoxy) is 3. The van der Waals surface area contributed by atoms with E-state index in [0.717, 1.165) is 19.3 Å². The van der Waals surface area contributed by atoms with Crippen molar-refractivity contribution >= 4 is 35.0 Å². The minimum atomic E-state index is -0.480. The van der Waals surface area contributed by atoms with Crippen molar-refractivity contribution < 1.29 is 19.0 Å². The number of amides is 1. The minimum Gasteiger partial charge on any atom is -0.478 e. The first kappa shape index (κ1) is 24.3. The van der Waals surface area contributed by atoms with Crippen molar-refractivity contribution in [2.24, 2.45) is 5.92 Å². The number of aryl methyl sites for hydroxylation is 1. The lowest BCUT2D eigenvalue weighted by molar-refractivity contribution is 0.0177. The van der Waals surface area contributed by atoms with E-state index in [0.29, 0.717) is 42.9 Å². The summed E-state index contributed by atoms with van der Waals surface area (Å²) in [5, 5.41) is 0.387. The van der Waals surface area contributed by atoms with E-state index >= 15 is 0 Å². The zero-order valence-corrected chi connectivity index (χ0v) is 19.6. The van der Waals surface area contributed by atoms with Crippen molar-refractivity contribution in [1.82, 2.24) is 14.9 Å². The third-order valence-electron chi connectivity index (χ3n) is 4.51. The zero-order valence-electron chi connectivity index (χ0n) is 18.1. The number of rotatable bonds is 7. The molecule has 166 valence electrons. The molecule has 1 saturated heterocycles. The van der Waals surface area contributed by atoms with E-state index in [-0.39, 0.29) is 22.9 Å². The second-order valence-corrected chi connectivity index (χ2v) is 8.91. The summed E-state index contributed by atoms with van der Waals surface area (Å²) >= 11 is 11.5. The molecule has 0 unspecified atom stereocenters. The lowest BCUT2D eigenvalue weighted by Gasteiger charge is -2.33. The Bertz CT molecular complexity index is 774. The molecular weight excluding hydrogens is 426 g/mol. The molecular formula is C21H30ClN3O4S. The summed E-state index contributed by atoms with van der Waals surface area (Å²) in [7, 11) is 0. The Labute approximate surface area is 188 Å². The minimum absolute atomic E-state index is 0.181. The Morgan fingerprint density at radius 3 is 2.60 bits per heavy atom. The molecule has 1 aromatic heterocycles. The molecule has 30 heavy (non-hydrogen) atoms. The maximum absolute atomic E-state index is 12.2. The first-order valence-electron chi connectivity index (χ1n) is 10.0. The number of piperidine rings is 1. The van der Waals surface area contributed by atoms with E-state index in [9.17, 15) is 4.79 Å². The topological polar surface area (TPSA) is 73.8 Å². The van der Waals surface area contributed by atoms with Crippen molar-refractivity contribution in [1.29, 1.82) is 0 Å². The fourth-order valence-electron chi connectivity index (χ4n) is 3.05. The number of carbonyl (C=O) groups is 1. The smallest absolute Gasteiger partial charge is 0.410 e. The summed E-state index contributed by atoms with van der Waals surface area (Å²) in [6.45, 7) is 13.1. The van der Waals surface area contributed by atoms with Gasteiger partial charge in [-0.2, -0.15) is 4.98 Å². The monoisotopic (exact) mass is 455 g/mol. The van der Waals surface area contributed by atoms with Crippen molar-refractivity contribution in [3.05, 3.63) is 29.2 Å². The van der Waals surface area contributed by atoms with Gasteiger partial charge in [-0.25, -0.2) is 9.78 Å². The Kier molecular flexibility index (Phi) is 8.85. The molecule has 0 bridgehead atoms. The first-order chi connectivity index (χ1) is 14.1. The highest BCUT2D eigenvalue weighted by Gasteiger charge is 2.27. The maximum Gasteiger partial charge on any atom is 0.410 e. The van der Waals surface area contributed by atoms with Gasteiger partial charge in [0.05, 0.1) is 6.61 Å². The van der Waals surface area contributed by atoms with Gasteiger partial charge in [0.2, 0.25) is 5.88 Å². The number of hydrogen-bond donors (Lipinski definition) is 0. The third-order valence-corrected chi connectivity index (χ3v) is 5.11. The molecule has 0 spiro atoms. The summed E-state index contributed by atoms with van der Waals surface area (Å²) in [5.74, 6) is 1.28. The van der Waals surface area contributed by atoms with Crippen molar-refractivity contribution in [2.75, 3.05) is 26.3 Å². The van der Waals surface area contributed by atoms with E-state index in [1.807, 2.05) is 20.8 Å². The molecule has 1 aromatic rings. The van der Waals surface area contributed by atoms with E-state index < -0.39 is 5.60 Å². The van der Waals surface area contributed by atoms with Crippen LogP contribution in [0.25, 0.3) is 0 Å². The molecule has 1 fully saturated rings. The average Bonchev–Trinajstić information content (AvgIpc) is 2.65. The van der Waals surface area contributed by atoms with E-state index in [1.54, 1.807) is 17.9 Å². The number of thiocarbonyl (C=S) groups is 1. The van der Waals surface area contributed by atoms with Gasteiger partial charge in [-0.15, -0.1) is 0 Å². The molecule has 0 N–H and O–H groups in total. The van der Waals surface area contributed by atoms with E-state index in [4.69, 9.17) is 38.0 Å². The number of aromatic nitrogens is 2. The fourth-order valence-corrected chi connectivity index (χ4v) is 3.65. The maximum atomic E-state index is 12.2. The summed E-state index contributed by atoms with van der Waals surface area (Å²) in [6.07, 6.45) is 3.99. The highest BCUT2D eigenvalue weighted by molar-refractivity contribution is 7.80. The van der Waals surface area contributed by atoms with Crippen LogP contribution in [-0.4, -0.2) is 57.9 Å². The molecule has 0 aromatic carbocycles. The molecule has 0 radical (unpaired) electrons. The molecule has 7 nitrogen and oxygen atoms in total. The molecule has 2 rings (SSSR count). The normalized spacial score (nSPS) is 14.9. The molecule has 2 heterocycles. The zero-order chi connectivity index (χ0) is 22.3. The molecule has 0 saturated carbocycles. The number of carbonyl (C=O) groups excluding carboxylic acids is 1. The average molecular weight is 456 g/mol.